The number of benzene rings is 2. The highest BCUT2D eigenvalue weighted by atomic mass is 32.2. The molecule has 2 aromatic carbocycles. The van der Waals surface area contributed by atoms with Crippen molar-refractivity contribution in [2.75, 3.05) is 23.1 Å². The maximum Gasteiger partial charge on any atom is 0.261 e. The van der Waals surface area contributed by atoms with Crippen molar-refractivity contribution in [2.24, 2.45) is 5.92 Å². The van der Waals surface area contributed by atoms with Crippen LogP contribution in [0.2, 0.25) is 0 Å². The Kier molecular flexibility index (Phi) is 7.11. The Hall–Kier alpha value is -2.75. The van der Waals surface area contributed by atoms with E-state index in [1.165, 1.54) is 48.4 Å². The van der Waals surface area contributed by atoms with Gasteiger partial charge in [-0.2, -0.15) is 0 Å². The molecule has 174 valence electrons. The molecule has 7 nitrogen and oxygen atoms in total. The number of thiazole rings is 1. The van der Waals surface area contributed by atoms with Crippen LogP contribution in [-0.4, -0.2) is 37.3 Å². The van der Waals surface area contributed by atoms with E-state index in [0.717, 1.165) is 36.8 Å². The van der Waals surface area contributed by atoms with E-state index in [1.807, 2.05) is 24.4 Å². The second-order valence-electron chi connectivity index (χ2n) is 8.50. The predicted molar refractivity (Wildman–Crippen MR) is 132 cm³/mol. The Labute approximate surface area is 198 Å². The summed E-state index contributed by atoms with van der Waals surface area (Å²) in [7, 11) is -3.75. The minimum atomic E-state index is -3.75. The number of likely N-dealkylation sites (tertiary alicyclic amines) is 1. The zero-order valence-corrected chi connectivity index (χ0v) is 20.4. The molecule has 0 atom stereocenters. The fourth-order valence-electron chi connectivity index (χ4n) is 3.73. The summed E-state index contributed by atoms with van der Waals surface area (Å²) in [5.74, 6) is 0.463. The number of aryl methyl sites for hydroxylation is 1. The van der Waals surface area contributed by atoms with Crippen LogP contribution in [0.25, 0.3) is 0 Å². The second-order valence-corrected chi connectivity index (χ2v) is 11.0. The molecule has 1 aliphatic heterocycles. The van der Waals surface area contributed by atoms with Gasteiger partial charge in [0.25, 0.3) is 15.9 Å². The largest absolute Gasteiger partial charge is 0.298 e. The molecule has 9 heteroatoms. The number of piperidine rings is 1. The van der Waals surface area contributed by atoms with Gasteiger partial charge in [-0.1, -0.05) is 25.1 Å². The van der Waals surface area contributed by atoms with Crippen molar-refractivity contribution in [1.29, 1.82) is 0 Å². The molecule has 0 aliphatic carbocycles. The van der Waals surface area contributed by atoms with Crippen molar-refractivity contribution >= 4 is 38.1 Å². The van der Waals surface area contributed by atoms with Gasteiger partial charge < -0.3 is 0 Å². The third-order valence-corrected chi connectivity index (χ3v) is 8.04. The number of nitrogens with zero attached hydrogens (tertiary/aromatic N) is 2. The molecule has 33 heavy (non-hydrogen) atoms. The van der Waals surface area contributed by atoms with Crippen LogP contribution in [0.3, 0.4) is 0 Å². The molecular formula is C24H28N4O3S2. The van der Waals surface area contributed by atoms with E-state index in [2.05, 4.69) is 26.8 Å². The highest BCUT2D eigenvalue weighted by molar-refractivity contribution is 7.92. The zero-order chi connectivity index (χ0) is 23.4. The van der Waals surface area contributed by atoms with E-state index in [4.69, 9.17) is 0 Å². The Bertz CT molecular complexity index is 1210. The van der Waals surface area contributed by atoms with Gasteiger partial charge in [-0.05, 0) is 74.7 Å². The van der Waals surface area contributed by atoms with Crippen molar-refractivity contribution in [2.45, 2.75) is 38.1 Å². The summed E-state index contributed by atoms with van der Waals surface area (Å²) in [5, 5.41) is 5.33. The Balaban J connectivity index is 1.37. The monoisotopic (exact) mass is 484 g/mol. The van der Waals surface area contributed by atoms with Gasteiger partial charge in [0, 0.05) is 17.5 Å². The standard InChI is InChI=1S/C24H28N4O3S2/c1-17-11-13-28(14-12-17)15-20-16-32-24(25-20)26-23(29)19-7-9-21(10-8-19)33(30,31)27-22-6-4-3-5-18(22)2/h3-10,16-17,27H,11-15H2,1-2H3,(H,25,26,29). The number of aromatic nitrogens is 1. The van der Waals surface area contributed by atoms with Gasteiger partial charge >= 0.3 is 0 Å². The van der Waals surface area contributed by atoms with Crippen molar-refractivity contribution in [1.82, 2.24) is 9.88 Å². The molecule has 4 rings (SSSR count). The molecule has 1 aromatic heterocycles. The van der Waals surface area contributed by atoms with Gasteiger partial charge in [-0.25, -0.2) is 13.4 Å². The van der Waals surface area contributed by atoms with Crippen molar-refractivity contribution in [3.05, 3.63) is 70.7 Å². The molecule has 2 N–H and O–H groups in total. The lowest BCUT2D eigenvalue weighted by Gasteiger charge is -2.29. The van der Waals surface area contributed by atoms with Crippen molar-refractivity contribution in [3.63, 3.8) is 0 Å². The van der Waals surface area contributed by atoms with Crippen LogP contribution in [0.5, 0.6) is 0 Å². The van der Waals surface area contributed by atoms with Gasteiger partial charge in [0.05, 0.1) is 16.3 Å². The molecule has 1 amide bonds. The average molecular weight is 485 g/mol. The lowest BCUT2D eigenvalue weighted by molar-refractivity contribution is 0.102. The summed E-state index contributed by atoms with van der Waals surface area (Å²) in [5.41, 5.74) is 2.67. The van der Waals surface area contributed by atoms with Crippen LogP contribution in [-0.2, 0) is 16.6 Å². The molecule has 0 bridgehead atoms. The molecule has 0 radical (unpaired) electrons. The van der Waals surface area contributed by atoms with Gasteiger partial charge in [-0.3, -0.25) is 19.7 Å². The van der Waals surface area contributed by atoms with Gasteiger partial charge in [0.15, 0.2) is 5.13 Å². The number of para-hydroxylation sites is 1. The van der Waals surface area contributed by atoms with E-state index < -0.39 is 10.0 Å². The summed E-state index contributed by atoms with van der Waals surface area (Å²) < 4.78 is 28.0. The first-order valence-corrected chi connectivity index (χ1v) is 13.3. The molecular weight excluding hydrogens is 456 g/mol. The fraction of sp³-hybridized carbons (Fsp3) is 0.333. The summed E-state index contributed by atoms with van der Waals surface area (Å²) in [6.45, 7) is 7.07. The quantitative estimate of drug-likeness (QED) is 0.506. The predicted octanol–water partition coefficient (Wildman–Crippen LogP) is 4.74. The van der Waals surface area contributed by atoms with Crippen LogP contribution in [0.4, 0.5) is 10.8 Å². The molecule has 1 fully saturated rings. The molecule has 0 spiro atoms. The van der Waals surface area contributed by atoms with Crippen molar-refractivity contribution < 1.29 is 13.2 Å². The maximum absolute atomic E-state index is 12.7. The van der Waals surface area contributed by atoms with E-state index in [-0.39, 0.29) is 10.8 Å². The number of carbonyl (C=O) groups excluding carboxylic acids is 1. The molecule has 3 aromatic rings. The minimum Gasteiger partial charge on any atom is -0.298 e. The maximum atomic E-state index is 12.7. The first kappa shape index (κ1) is 23.4. The van der Waals surface area contributed by atoms with E-state index in [1.54, 1.807) is 12.1 Å². The normalized spacial score (nSPS) is 15.3. The van der Waals surface area contributed by atoms with Crippen LogP contribution < -0.4 is 10.0 Å². The van der Waals surface area contributed by atoms with Crippen LogP contribution in [0.1, 0.15) is 41.4 Å². The lowest BCUT2D eigenvalue weighted by Crippen LogP contribution is -2.32. The minimum absolute atomic E-state index is 0.0923. The summed E-state index contributed by atoms with van der Waals surface area (Å²) >= 11 is 1.40. The van der Waals surface area contributed by atoms with E-state index in [0.29, 0.717) is 16.4 Å². The van der Waals surface area contributed by atoms with Gasteiger partial charge in [-0.15, -0.1) is 11.3 Å². The number of sulfonamides is 1. The molecule has 1 saturated heterocycles. The third-order valence-electron chi connectivity index (χ3n) is 5.85. The highest BCUT2D eigenvalue weighted by Gasteiger charge is 2.18. The molecule has 0 unspecified atom stereocenters. The smallest absolute Gasteiger partial charge is 0.261 e. The Morgan fingerprint density at radius 3 is 2.52 bits per heavy atom. The Morgan fingerprint density at radius 2 is 1.82 bits per heavy atom. The van der Waals surface area contributed by atoms with Gasteiger partial charge in [0.2, 0.25) is 0 Å². The average Bonchev–Trinajstić information content (AvgIpc) is 3.23. The number of hydrogen-bond acceptors (Lipinski definition) is 6. The fourth-order valence-corrected chi connectivity index (χ4v) is 5.56. The Morgan fingerprint density at radius 1 is 1.12 bits per heavy atom. The number of hydrogen-bond donors (Lipinski definition) is 2. The first-order valence-electron chi connectivity index (χ1n) is 11.0. The van der Waals surface area contributed by atoms with Gasteiger partial charge in [0.1, 0.15) is 0 Å². The highest BCUT2D eigenvalue weighted by Crippen LogP contribution is 2.23. The van der Waals surface area contributed by atoms with Crippen LogP contribution in [0, 0.1) is 12.8 Å². The second kappa shape index (κ2) is 10.0. The first-order chi connectivity index (χ1) is 15.8. The number of anilines is 2. The SMILES string of the molecule is Cc1ccccc1NS(=O)(=O)c1ccc(C(=O)Nc2nc(CN3CCC(C)CC3)cs2)cc1. The zero-order valence-electron chi connectivity index (χ0n) is 18.7. The van der Waals surface area contributed by atoms with E-state index >= 15 is 0 Å². The summed E-state index contributed by atoms with van der Waals surface area (Å²) in [6.07, 6.45) is 2.42. The lowest BCUT2D eigenvalue weighted by atomic mass is 9.99. The molecule has 0 saturated carbocycles. The van der Waals surface area contributed by atoms with E-state index in [9.17, 15) is 13.2 Å². The summed E-state index contributed by atoms with van der Waals surface area (Å²) in [4.78, 5) is 19.7. The van der Waals surface area contributed by atoms with Crippen LogP contribution in [0.15, 0.2) is 58.8 Å². The van der Waals surface area contributed by atoms with Crippen molar-refractivity contribution in [3.8, 4) is 0 Å². The number of nitrogens with one attached hydrogen (secondary N) is 2. The topological polar surface area (TPSA) is 91.4 Å². The molecule has 2 heterocycles. The third kappa shape index (κ3) is 5.98. The number of rotatable bonds is 7. The summed E-state index contributed by atoms with van der Waals surface area (Å²) in [6, 6.07) is 13.0. The number of carbonyl (C=O) groups is 1. The van der Waals surface area contributed by atoms with Crippen LogP contribution >= 0.6 is 11.3 Å². The molecule has 1 aliphatic rings. The number of amides is 1.